The first-order valence-corrected chi connectivity index (χ1v) is 6.80. The zero-order valence-electron chi connectivity index (χ0n) is 9.63. The third-order valence-corrected chi connectivity index (χ3v) is 3.90. The van der Waals surface area contributed by atoms with Crippen molar-refractivity contribution in [2.24, 2.45) is 0 Å². The number of fused-ring (bicyclic) bond motifs is 1. The molecule has 2 unspecified atom stereocenters. The largest absolute Gasteiger partial charge is 0.386 e. The van der Waals surface area contributed by atoms with Gasteiger partial charge >= 0.3 is 13.9 Å². The molecule has 1 aromatic rings. The van der Waals surface area contributed by atoms with Gasteiger partial charge in [0.25, 0.3) is 0 Å². The Kier molecular flexibility index (Phi) is 3.15. The maximum atomic E-state index is 11.7. The smallest absolute Gasteiger partial charge is 0.351 e. The minimum Gasteiger partial charge on any atom is -0.386 e. The van der Waals surface area contributed by atoms with E-state index in [1.807, 2.05) is 0 Å². The van der Waals surface area contributed by atoms with Gasteiger partial charge in [-0.1, -0.05) is 0 Å². The van der Waals surface area contributed by atoms with Gasteiger partial charge in [0.2, 0.25) is 0 Å². The molecule has 3 heterocycles. The van der Waals surface area contributed by atoms with Crippen LogP contribution in [0.15, 0.2) is 17.1 Å². The van der Waals surface area contributed by atoms with Crippen LogP contribution in [0.5, 0.6) is 0 Å². The summed E-state index contributed by atoms with van der Waals surface area (Å²) < 4.78 is 27.7. The van der Waals surface area contributed by atoms with Gasteiger partial charge in [-0.05, 0) is 6.07 Å². The summed E-state index contributed by atoms with van der Waals surface area (Å²) in [5, 5.41) is 10.1. The number of rotatable bonds is 1. The number of ether oxygens (including phenoxy) is 1. The first kappa shape index (κ1) is 12.8. The molecule has 10 heteroatoms. The van der Waals surface area contributed by atoms with Crippen molar-refractivity contribution in [1.29, 1.82) is 0 Å². The SMILES string of the molecule is Nc1ccn([C@@H]2OC3CO[PH](=O)O[C@H]3[C@@H]2O)c(=O)n1. The number of nitrogens with two attached hydrogens (primary N) is 1. The molecule has 0 bridgehead atoms. The van der Waals surface area contributed by atoms with Crippen molar-refractivity contribution in [3.8, 4) is 0 Å². The molecule has 0 aromatic carbocycles. The molecule has 104 valence electrons. The van der Waals surface area contributed by atoms with Gasteiger partial charge in [0.1, 0.15) is 24.1 Å². The van der Waals surface area contributed by atoms with Gasteiger partial charge in [-0.25, -0.2) is 4.79 Å². The number of nitrogens with zero attached hydrogens (tertiary/aromatic N) is 2. The van der Waals surface area contributed by atoms with Gasteiger partial charge in [-0.15, -0.1) is 0 Å². The van der Waals surface area contributed by atoms with Crippen LogP contribution in [0, 0.1) is 0 Å². The van der Waals surface area contributed by atoms with Crippen molar-refractivity contribution in [2.75, 3.05) is 12.3 Å². The number of aromatic nitrogens is 2. The molecule has 0 amide bonds. The highest BCUT2D eigenvalue weighted by Gasteiger charge is 2.49. The fourth-order valence-electron chi connectivity index (χ4n) is 2.14. The summed E-state index contributed by atoms with van der Waals surface area (Å²) in [6, 6.07) is 1.42. The van der Waals surface area contributed by atoms with E-state index in [1.165, 1.54) is 12.3 Å². The third-order valence-electron chi connectivity index (χ3n) is 3.03. The van der Waals surface area contributed by atoms with Crippen LogP contribution >= 0.6 is 8.25 Å². The Bertz CT molecular complexity index is 577. The molecule has 3 rings (SSSR count). The lowest BCUT2D eigenvalue weighted by Gasteiger charge is -2.24. The Hall–Kier alpha value is -1.25. The van der Waals surface area contributed by atoms with E-state index in [1.54, 1.807) is 0 Å². The molecule has 5 atom stereocenters. The fraction of sp³-hybridized carbons (Fsp3) is 0.556. The van der Waals surface area contributed by atoms with Crippen molar-refractivity contribution in [3.05, 3.63) is 22.7 Å². The fourth-order valence-corrected chi connectivity index (χ4v) is 3.03. The highest BCUT2D eigenvalue weighted by molar-refractivity contribution is 7.33. The van der Waals surface area contributed by atoms with Crippen LogP contribution in [-0.4, -0.2) is 39.6 Å². The lowest BCUT2D eigenvalue weighted by atomic mass is 10.1. The Balaban J connectivity index is 1.90. The van der Waals surface area contributed by atoms with Crippen molar-refractivity contribution in [2.45, 2.75) is 24.5 Å². The zero-order valence-corrected chi connectivity index (χ0v) is 10.6. The van der Waals surface area contributed by atoms with E-state index in [2.05, 4.69) is 4.98 Å². The summed E-state index contributed by atoms with van der Waals surface area (Å²) in [6.07, 6.45) is -2.08. The predicted molar refractivity (Wildman–Crippen MR) is 62.7 cm³/mol. The average Bonchev–Trinajstić information content (AvgIpc) is 2.67. The van der Waals surface area contributed by atoms with E-state index >= 15 is 0 Å². The second-order valence-electron chi connectivity index (χ2n) is 4.24. The summed E-state index contributed by atoms with van der Waals surface area (Å²) in [7, 11) is -2.61. The zero-order chi connectivity index (χ0) is 13.6. The molecule has 2 fully saturated rings. The molecular formula is C9H12N3O6P. The average molecular weight is 289 g/mol. The van der Waals surface area contributed by atoms with Crippen molar-refractivity contribution in [3.63, 3.8) is 0 Å². The minimum atomic E-state index is -2.61. The van der Waals surface area contributed by atoms with Gasteiger partial charge in [0, 0.05) is 6.20 Å². The van der Waals surface area contributed by atoms with Gasteiger partial charge in [-0.3, -0.25) is 9.13 Å². The Morgan fingerprint density at radius 3 is 3.11 bits per heavy atom. The van der Waals surface area contributed by atoms with Gasteiger partial charge in [0.15, 0.2) is 6.23 Å². The van der Waals surface area contributed by atoms with Crippen molar-refractivity contribution >= 4 is 14.1 Å². The van der Waals surface area contributed by atoms with E-state index in [9.17, 15) is 14.5 Å². The van der Waals surface area contributed by atoms with Crippen LogP contribution in [-0.2, 0) is 18.3 Å². The molecular weight excluding hydrogens is 277 g/mol. The molecule has 0 saturated carbocycles. The number of anilines is 1. The second-order valence-corrected chi connectivity index (χ2v) is 5.27. The van der Waals surface area contributed by atoms with Crippen molar-refractivity contribution in [1.82, 2.24) is 9.55 Å². The van der Waals surface area contributed by atoms with Crippen LogP contribution in [0.1, 0.15) is 6.23 Å². The van der Waals surface area contributed by atoms with Crippen molar-refractivity contribution < 1.29 is 23.5 Å². The lowest BCUT2D eigenvalue weighted by molar-refractivity contribution is -0.0584. The van der Waals surface area contributed by atoms with Gasteiger partial charge < -0.3 is 24.6 Å². The second kappa shape index (κ2) is 4.69. The molecule has 19 heavy (non-hydrogen) atoms. The maximum absolute atomic E-state index is 11.7. The Labute approximate surface area is 107 Å². The van der Waals surface area contributed by atoms with Crippen LogP contribution in [0.3, 0.4) is 0 Å². The molecule has 0 radical (unpaired) electrons. The molecule has 2 saturated heterocycles. The molecule has 1 aromatic heterocycles. The molecule has 2 aliphatic rings. The van der Waals surface area contributed by atoms with Crippen LogP contribution < -0.4 is 11.4 Å². The molecule has 9 nitrogen and oxygen atoms in total. The first-order valence-electron chi connectivity index (χ1n) is 5.58. The highest BCUT2D eigenvalue weighted by atomic mass is 31.1. The van der Waals surface area contributed by atoms with Gasteiger partial charge in [0.05, 0.1) is 6.61 Å². The van der Waals surface area contributed by atoms with E-state index in [-0.39, 0.29) is 12.4 Å². The number of hydrogen-bond donors (Lipinski definition) is 2. The quantitative estimate of drug-likeness (QED) is 0.623. The molecule has 2 aliphatic heterocycles. The van der Waals surface area contributed by atoms with Crippen LogP contribution in [0.25, 0.3) is 0 Å². The lowest BCUT2D eigenvalue weighted by Crippen LogP contribution is -2.38. The number of aliphatic hydroxyl groups is 1. The normalized spacial score (nSPS) is 38.1. The summed E-state index contributed by atoms with van der Waals surface area (Å²) in [4.78, 5) is 15.2. The number of nitrogen functional groups attached to an aromatic ring is 1. The van der Waals surface area contributed by atoms with E-state index in [0.29, 0.717) is 0 Å². The predicted octanol–water partition coefficient (Wildman–Crippen LogP) is -1.11. The van der Waals surface area contributed by atoms with E-state index in [0.717, 1.165) is 4.57 Å². The number of aliphatic hydroxyl groups excluding tert-OH is 1. The summed E-state index contributed by atoms with van der Waals surface area (Å²) in [6.45, 7) is 0.0488. The summed E-state index contributed by atoms with van der Waals surface area (Å²) in [5.41, 5.74) is 4.74. The monoisotopic (exact) mass is 289 g/mol. The molecule has 3 N–H and O–H groups in total. The number of hydrogen-bond acceptors (Lipinski definition) is 8. The summed E-state index contributed by atoms with van der Waals surface area (Å²) >= 11 is 0. The topological polar surface area (TPSA) is 126 Å². The minimum absolute atomic E-state index is 0.0488. The standard InChI is InChI=1S/C9H12N3O6P/c10-5-1-2-12(9(14)11-5)8-6(13)7-4(17-8)3-16-19(15)18-7/h1-2,4,6-8,13,19H,3H2,(H2,10,11,14)/t4?,6-,7+,8+/m0/s1. The highest BCUT2D eigenvalue weighted by Crippen LogP contribution is 2.41. The Morgan fingerprint density at radius 2 is 2.37 bits per heavy atom. The Morgan fingerprint density at radius 1 is 1.58 bits per heavy atom. The molecule has 0 spiro atoms. The van der Waals surface area contributed by atoms with Crippen LogP contribution in [0.4, 0.5) is 5.82 Å². The van der Waals surface area contributed by atoms with Gasteiger partial charge in [-0.2, -0.15) is 4.98 Å². The van der Waals surface area contributed by atoms with Crippen LogP contribution in [0.2, 0.25) is 0 Å². The maximum Gasteiger partial charge on any atom is 0.351 e. The third kappa shape index (κ3) is 2.19. The van der Waals surface area contributed by atoms with E-state index < -0.39 is 38.5 Å². The first-order chi connectivity index (χ1) is 9.06. The molecule has 0 aliphatic carbocycles. The summed E-state index contributed by atoms with van der Waals surface area (Å²) in [5.74, 6) is 0.0794. The van der Waals surface area contributed by atoms with E-state index in [4.69, 9.17) is 19.5 Å².